The van der Waals surface area contributed by atoms with Crippen LogP contribution >= 0.6 is 0 Å². The average molecular weight is 533 g/mol. The zero-order valence-corrected chi connectivity index (χ0v) is 20.1. The van der Waals surface area contributed by atoms with Gasteiger partial charge < -0.3 is 4.74 Å². The third kappa shape index (κ3) is 4.88. The molecule has 5 rings (SSSR count). The van der Waals surface area contributed by atoms with Crippen LogP contribution in [0.1, 0.15) is 29.0 Å². The Bertz CT molecular complexity index is 1590. The van der Waals surface area contributed by atoms with E-state index in [4.69, 9.17) is 4.74 Å². The van der Waals surface area contributed by atoms with Gasteiger partial charge in [-0.15, -0.1) is 0 Å². The average Bonchev–Trinajstić information content (AvgIpc) is 3.27. The first kappa shape index (κ1) is 24.8. The molecular formula is C25H20F4N4O3S. The molecule has 1 aliphatic rings. The Kier molecular flexibility index (Phi) is 6.14. The van der Waals surface area contributed by atoms with Crippen molar-refractivity contribution < 1.29 is 30.7 Å². The van der Waals surface area contributed by atoms with E-state index >= 15 is 0 Å². The van der Waals surface area contributed by atoms with Crippen molar-refractivity contribution in [1.29, 1.82) is 0 Å². The van der Waals surface area contributed by atoms with Crippen LogP contribution in [0.25, 0.3) is 11.3 Å². The van der Waals surface area contributed by atoms with Crippen LogP contribution in [0, 0.1) is 5.82 Å². The van der Waals surface area contributed by atoms with Gasteiger partial charge >= 0.3 is 6.18 Å². The number of aryl methyl sites for hydroxylation is 1. The third-order valence-electron chi connectivity index (χ3n) is 6.15. The zero-order chi connectivity index (χ0) is 26.4. The largest absolute Gasteiger partial charge is 0.493 e. The number of sulfonamides is 1. The molecule has 4 aromatic rings. The zero-order valence-electron chi connectivity index (χ0n) is 19.3. The Morgan fingerprint density at radius 3 is 2.51 bits per heavy atom. The smallest absolute Gasteiger partial charge is 0.416 e. The number of pyridine rings is 1. The number of hydrogen-bond donors (Lipinski definition) is 1. The second-order valence-electron chi connectivity index (χ2n) is 8.49. The fourth-order valence-electron chi connectivity index (χ4n) is 4.41. The van der Waals surface area contributed by atoms with Crippen LogP contribution in [0.4, 0.5) is 23.4 Å². The molecule has 0 bridgehead atoms. The molecule has 0 saturated heterocycles. The van der Waals surface area contributed by atoms with Gasteiger partial charge in [0.25, 0.3) is 10.0 Å². The van der Waals surface area contributed by atoms with Gasteiger partial charge in [0.05, 0.1) is 22.8 Å². The number of nitrogens with zero attached hydrogens (tertiary/aromatic N) is 3. The topological polar surface area (TPSA) is 86.1 Å². The number of halogens is 4. The minimum atomic E-state index is -4.52. The number of fused-ring (bicyclic) bond motifs is 1. The Labute approximate surface area is 209 Å². The molecule has 0 saturated carbocycles. The molecule has 0 unspecified atom stereocenters. The summed E-state index contributed by atoms with van der Waals surface area (Å²) >= 11 is 0. The minimum Gasteiger partial charge on any atom is -0.493 e. The van der Waals surface area contributed by atoms with E-state index in [-0.39, 0.29) is 23.2 Å². The van der Waals surface area contributed by atoms with Crippen LogP contribution in [0.3, 0.4) is 0 Å². The number of hydrogen-bond acceptors (Lipinski definition) is 5. The summed E-state index contributed by atoms with van der Waals surface area (Å²) in [5.41, 5.74) is 1.39. The van der Waals surface area contributed by atoms with Crippen molar-refractivity contribution in [3.63, 3.8) is 0 Å². The van der Waals surface area contributed by atoms with Crippen molar-refractivity contribution in [3.8, 4) is 17.0 Å². The lowest BCUT2D eigenvalue weighted by molar-refractivity contribution is -0.137. The highest BCUT2D eigenvalue weighted by Gasteiger charge is 2.33. The van der Waals surface area contributed by atoms with Crippen molar-refractivity contribution in [2.75, 3.05) is 11.3 Å². The third-order valence-corrected chi connectivity index (χ3v) is 7.50. The van der Waals surface area contributed by atoms with Gasteiger partial charge in [0.1, 0.15) is 17.4 Å². The number of ether oxygens (including phenoxy) is 1. The fourth-order valence-corrected chi connectivity index (χ4v) is 5.43. The second kappa shape index (κ2) is 9.18. The lowest BCUT2D eigenvalue weighted by Crippen LogP contribution is -2.19. The summed E-state index contributed by atoms with van der Waals surface area (Å²) in [6.45, 7) is 0.228. The van der Waals surface area contributed by atoms with E-state index in [1.54, 1.807) is 19.2 Å². The molecule has 0 amide bonds. The van der Waals surface area contributed by atoms with E-state index < -0.39 is 27.6 Å². The van der Waals surface area contributed by atoms with E-state index in [0.717, 1.165) is 30.5 Å². The molecule has 0 fully saturated rings. The van der Waals surface area contributed by atoms with Crippen molar-refractivity contribution in [2.45, 2.75) is 23.4 Å². The summed E-state index contributed by atoms with van der Waals surface area (Å²) in [6.07, 6.45) is -1.40. The molecule has 0 aliphatic carbocycles. The first-order valence-corrected chi connectivity index (χ1v) is 12.6. The molecule has 2 aromatic carbocycles. The molecule has 0 spiro atoms. The molecule has 0 radical (unpaired) electrons. The standard InChI is InChI=1S/C25H20F4N4O3S/c1-33-22(7-10-31-33)21-12-15(25(27,28)29)2-4-18(21)19-8-11-36-23-14-17(3-5-20(19)23)37(34,35)32-24-13-16(26)6-9-30-24/h2-7,9-10,12-14,19H,8,11H2,1H3,(H,30,32)/t19-/m1/s1. The van der Waals surface area contributed by atoms with E-state index in [2.05, 4.69) is 14.8 Å². The summed E-state index contributed by atoms with van der Waals surface area (Å²) in [5.74, 6) is -0.889. The highest BCUT2D eigenvalue weighted by atomic mass is 32.2. The van der Waals surface area contributed by atoms with Crippen LogP contribution in [-0.4, -0.2) is 29.8 Å². The molecular weight excluding hydrogens is 512 g/mol. The van der Waals surface area contributed by atoms with Gasteiger partial charge in [-0.1, -0.05) is 12.1 Å². The lowest BCUT2D eigenvalue weighted by Gasteiger charge is -2.28. The predicted molar refractivity (Wildman–Crippen MR) is 127 cm³/mol. The van der Waals surface area contributed by atoms with Crippen LogP contribution in [-0.2, 0) is 23.2 Å². The molecule has 37 heavy (non-hydrogen) atoms. The summed E-state index contributed by atoms with van der Waals surface area (Å²) in [7, 11) is -2.46. The number of nitrogens with one attached hydrogen (secondary N) is 1. The summed E-state index contributed by atoms with van der Waals surface area (Å²) < 4.78 is 89.3. The van der Waals surface area contributed by atoms with Crippen LogP contribution in [0.15, 0.2) is 71.9 Å². The molecule has 192 valence electrons. The van der Waals surface area contributed by atoms with E-state index in [1.165, 1.54) is 29.1 Å². The van der Waals surface area contributed by atoms with Crippen molar-refractivity contribution in [1.82, 2.24) is 14.8 Å². The lowest BCUT2D eigenvalue weighted by atomic mass is 9.83. The van der Waals surface area contributed by atoms with Gasteiger partial charge in [0.15, 0.2) is 0 Å². The SMILES string of the molecule is Cn1nccc1-c1cc(C(F)(F)F)ccc1[C@H]1CCOc2cc(S(=O)(=O)Nc3cc(F)ccn3)ccc21. The maximum Gasteiger partial charge on any atom is 0.416 e. The molecule has 3 heterocycles. The van der Waals surface area contributed by atoms with Gasteiger partial charge in [-0.25, -0.2) is 17.8 Å². The molecule has 1 atom stereocenters. The quantitative estimate of drug-likeness (QED) is 0.350. The molecule has 1 N–H and O–H groups in total. The van der Waals surface area contributed by atoms with E-state index in [0.29, 0.717) is 34.6 Å². The molecule has 2 aromatic heterocycles. The van der Waals surface area contributed by atoms with Gasteiger partial charge in [-0.3, -0.25) is 9.40 Å². The highest BCUT2D eigenvalue weighted by molar-refractivity contribution is 7.92. The van der Waals surface area contributed by atoms with Gasteiger partial charge in [0.2, 0.25) is 0 Å². The number of anilines is 1. The summed E-state index contributed by atoms with van der Waals surface area (Å²) in [5, 5.41) is 4.10. The van der Waals surface area contributed by atoms with Crippen LogP contribution in [0.5, 0.6) is 5.75 Å². The van der Waals surface area contributed by atoms with Crippen molar-refractivity contribution >= 4 is 15.8 Å². The van der Waals surface area contributed by atoms with Gasteiger partial charge in [-0.05, 0) is 42.3 Å². The number of benzene rings is 2. The molecule has 1 aliphatic heterocycles. The first-order valence-electron chi connectivity index (χ1n) is 11.1. The monoisotopic (exact) mass is 532 g/mol. The molecule has 7 nitrogen and oxygen atoms in total. The van der Waals surface area contributed by atoms with Crippen LogP contribution in [0.2, 0.25) is 0 Å². The molecule has 12 heteroatoms. The fraction of sp³-hybridized carbons (Fsp3) is 0.200. The first-order chi connectivity index (χ1) is 17.5. The van der Waals surface area contributed by atoms with Gasteiger partial charge in [-0.2, -0.15) is 18.3 Å². The van der Waals surface area contributed by atoms with E-state index in [9.17, 15) is 26.0 Å². The number of aromatic nitrogens is 3. The minimum absolute atomic E-state index is 0.128. The Morgan fingerprint density at radius 2 is 1.81 bits per heavy atom. The predicted octanol–water partition coefficient (Wildman–Crippen LogP) is 5.36. The van der Waals surface area contributed by atoms with Gasteiger partial charge in [0, 0.05) is 48.6 Å². The second-order valence-corrected chi connectivity index (χ2v) is 10.2. The summed E-state index contributed by atoms with van der Waals surface area (Å²) in [6, 6.07) is 11.6. The Morgan fingerprint density at radius 1 is 1.03 bits per heavy atom. The normalized spacial score (nSPS) is 15.6. The highest BCUT2D eigenvalue weighted by Crippen LogP contribution is 2.44. The summed E-state index contributed by atoms with van der Waals surface area (Å²) in [4.78, 5) is 3.68. The van der Waals surface area contributed by atoms with E-state index in [1.807, 2.05) is 0 Å². The Balaban J connectivity index is 1.55. The maximum atomic E-state index is 13.5. The van der Waals surface area contributed by atoms with Crippen LogP contribution < -0.4 is 9.46 Å². The van der Waals surface area contributed by atoms with Crippen molar-refractivity contribution in [3.05, 3.63) is 89.5 Å². The van der Waals surface area contributed by atoms with Crippen molar-refractivity contribution in [2.24, 2.45) is 7.05 Å². The maximum absolute atomic E-state index is 13.5. The number of alkyl halides is 3. The Hall–Kier alpha value is -3.93. The number of rotatable bonds is 5.